The second kappa shape index (κ2) is 6.77. The van der Waals surface area contributed by atoms with Crippen LogP contribution < -0.4 is 16.6 Å². The number of para-hydroxylation sites is 2. The van der Waals surface area contributed by atoms with Crippen LogP contribution >= 0.6 is 0 Å². The molecule has 0 radical (unpaired) electrons. The van der Waals surface area contributed by atoms with Gasteiger partial charge in [-0.1, -0.05) is 18.2 Å². The monoisotopic (exact) mass is 389 g/mol. The third kappa shape index (κ3) is 3.04. The van der Waals surface area contributed by atoms with E-state index in [1.807, 2.05) is 12.1 Å². The number of aryl methyl sites for hydroxylation is 1. The zero-order chi connectivity index (χ0) is 20.0. The third-order valence-corrected chi connectivity index (χ3v) is 5.49. The van der Waals surface area contributed by atoms with E-state index < -0.39 is 5.76 Å². The Kier molecular flexibility index (Phi) is 4.08. The molecule has 0 aliphatic heterocycles. The highest BCUT2D eigenvalue weighted by atomic mass is 16.4. The van der Waals surface area contributed by atoms with Crippen LogP contribution in [0.3, 0.4) is 0 Å². The fourth-order valence-electron chi connectivity index (χ4n) is 4.15. The molecule has 2 aromatic carbocycles. The molecule has 2 N–H and O–H groups in total. The van der Waals surface area contributed by atoms with Crippen LogP contribution in [0.25, 0.3) is 22.0 Å². The average molecular weight is 389 g/mol. The van der Waals surface area contributed by atoms with Crippen LogP contribution in [0, 0.1) is 0 Å². The number of oxazole rings is 1. The molecule has 2 heterocycles. The van der Waals surface area contributed by atoms with Crippen molar-refractivity contribution in [2.45, 2.75) is 32.2 Å². The molecule has 2 aromatic heterocycles. The van der Waals surface area contributed by atoms with Gasteiger partial charge in [-0.05, 0) is 55.5 Å². The minimum Gasteiger partial charge on any atom is -0.408 e. The largest absolute Gasteiger partial charge is 0.420 e. The van der Waals surface area contributed by atoms with Crippen LogP contribution in [0.5, 0.6) is 0 Å². The lowest BCUT2D eigenvalue weighted by atomic mass is 9.90. The average Bonchev–Trinajstić information content (AvgIpc) is 3.03. The minimum atomic E-state index is -0.573. The van der Waals surface area contributed by atoms with Gasteiger partial charge in [0, 0.05) is 16.6 Å². The molecule has 0 spiro atoms. The molecule has 1 aliphatic rings. The van der Waals surface area contributed by atoms with Crippen LogP contribution in [0.1, 0.15) is 24.0 Å². The summed E-state index contributed by atoms with van der Waals surface area (Å²) in [6.07, 6.45) is 3.83. The van der Waals surface area contributed by atoms with E-state index in [2.05, 4.69) is 10.3 Å². The molecule has 0 saturated carbocycles. The van der Waals surface area contributed by atoms with Crippen LogP contribution in [-0.4, -0.2) is 15.5 Å². The van der Waals surface area contributed by atoms with Crippen molar-refractivity contribution in [3.05, 3.63) is 74.5 Å². The van der Waals surface area contributed by atoms with Crippen molar-refractivity contribution < 1.29 is 9.21 Å². The van der Waals surface area contributed by atoms with Gasteiger partial charge in [0.15, 0.2) is 5.58 Å². The molecule has 1 amide bonds. The van der Waals surface area contributed by atoms with Gasteiger partial charge in [0.25, 0.3) is 5.56 Å². The molecule has 7 heteroatoms. The van der Waals surface area contributed by atoms with Gasteiger partial charge in [0.1, 0.15) is 6.54 Å². The predicted octanol–water partition coefficient (Wildman–Crippen LogP) is 2.95. The maximum Gasteiger partial charge on any atom is 0.420 e. The molecule has 146 valence electrons. The topological polar surface area (TPSA) is 97.1 Å². The summed E-state index contributed by atoms with van der Waals surface area (Å²) in [5, 5.41) is 3.82. The number of anilines is 1. The van der Waals surface area contributed by atoms with Crippen LogP contribution in [0.2, 0.25) is 0 Å². The maximum absolute atomic E-state index is 12.5. The number of nitrogens with zero attached hydrogens (tertiary/aromatic N) is 1. The van der Waals surface area contributed by atoms with E-state index in [4.69, 9.17) is 4.42 Å². The number of nitrogens with one attached hydrogen (secondary N) is 2. The number of carbonyl (C=O) groups excluding carboxylic acids is 1. The summed E-state index contributed by atoms with van der Waals surface area (Å²) in [5.74, 6) is -0.922. The van der Waals surface area contributed by atoms with Gasteiger partial charge in [-0.3, -0.25) is 14.2 Å². The fraction of sp³-hybridized carbons (Fsp3) is 0.227. The van der Waals surface area contributed by atoms with Gasteiger partial charge in [-0.25, -0.2) is 4.79 Å². The van der Waals surface area contributed by atoms with E-state index in [0.717, 1.165) is 42.2 Å². The summed E-state index contributed by atoms with van der Waals surface area (Å²) in [7, 11) is 0. The first-order valence-corrected chi connectivity index (χ1v) is 9.66. The Morgan fingerprint density at radius 1 is 1.07 bits per heavy atom. The first-order valence-electron chi connectivity index (χ1n) is 9.66. The number of fused-ring (bicyclic) bond motifs is 4. The molecular formula is C22H19N3O4. The van der Waals surface area contributed by atoms with Crippen molar-refractivity contribution in [2.75, 3.05) is 5.32 Å². The summed E-state index contributed by atoms with van der Waals surface area (Å²) in [4.78, 5) is 39.9. The number of H-pyrrole nitrogens is 1. The van der Waals surface area contributed by atoms with E-state index >= 15 is 0 Å². The van der Waals surface area contributed by atoms with Gasteiger partial charge in [0.05, 0.1) is 11.0 Å². The Balaban J connectivity index is 1.44. The van der Waals surface area contributed by atoms with Crippen molar-refractivity contribution in [3.8, 4) is 0 Å². The Hall–Kier alpha value is -3.61. The smallest absolute Gasteiger partial charge is 0.408 e. The SMILES string of the molecule is O=C(Cn1c(=O)oc2ccccc21)Nc1ccc2c3c(c(=O)[nH]c2c1)CCCC3. The number of aromatic nitrogens is 2. The van der Waals surface area contributed by atoms with E-state index in [-0.39, 0.29) is 18.0 Å². The Morgan fingerprint density at radius 3 is 2.72 bits per heavy atom. The molecular weight excluding hydrogens is 370 g/mol. The van der Waals surface area contributed by atoms with Crippen LogP contribution in [0.4, 0.5) is 5.69 Å². The maximum atomic E-state index is 12.5. The third-order valence-electron chi connectivity index (χ3n) is 5.49. The summed E-state index contributed by atoms with van der Waals surface area (Å²) in [5.41, 5.74) is 4.23. The quantitative estimate of drug-likeness (QED) is 0.563. The number of benzene rings is 2. The lowest BCUT2D eigenvalue weighted by Gasteiger charge is -2.17. The van der Waals surface area contributed by atoms with Crippen LogP contribution in [0.15, 0.2) is 56.5 Å². The lowest BCUT2D eigenvalue weighted by molar-refractivity contribution is -0.116. The Morgan fingerprint density at radius 2 is 1.86 bits per heavy atom. The van der Waals surface area contributed by atoms with E-state index in [0.29, 0.717) is 22.3 Å². The van der Waals surface area contributed by atoms with Gasteiger partial charge in [-0.15, -0.1) is 0 Å². The van der Waals surface area contributed by atoms with Gasteiger partial charge >= 0.3 is 5.76 Å². The number of hydrogen-bond acceptors (Lipinski definition) is 4. The molecule has 0 bridgehead atoms. The number of hydrogen-bond donors (Lipinski definition) is 2. The zero-order valence-corrected chi connectivity index (χ0v) is 15.7. The van der Waals surface area contributed by atoms with Gasteiger partial charge < -0.3 is 14.7 Å². The summed E-state index contributed by atoms with van der Waals surface area (Å²) >= 11 is 0. The van der Waals surface area contributed by atoms with Crippen molar-refractivity contribution >= 4 is 33.6 Å². The molecule has 0 fully saturated rings. The Bertz CT molecular complexity index is 1380. The van der Waals surface area contributed by atoms with Crippen LogP contribution in [-0.2, 0) is 24.2 Å². The van der Waals surface area contributed by atoms with Crippen molar-refractivity contribution in [2.24, 2.45) is 0 Å². The molecule has 5 rings (SSSR count). The zero-order valence-electron chi connectivity index (χ0n) is 15.7. The second-order valence-corrected chi connectivity index (χ2v) is 7.35. The molecule has 1 aliphatic carbocycles. The van der Waals surface area contributed by atoms with E-state index in [1.54, 1.807) is 30.3 Å². The number of carbonyl (C=O) groups is 1. The molecule has 0 atom stereocenters. The number of pyridine rings is 1. The number of rotatable bonds is 3. The number of aromatic amines is 1. The van der Waals surface area contributed by atoms with E-state index in [9.17, 15) is 14.4 Å². The Labute approximate surface area is 165 Å². The minimum absolute atomic E-state index is 0.0490. The molecule has 0 unspecified atom stereocenters. The highest BCUT2D eigenvalue weighted by Gasteiger charge is 2.17. The summed E-state index contributed by atoms with van der Waals surface area (Å²) < 4.78 is 6.46. The normalized spacial score (nSPS) is 13.5. The first-order chi connectivity index (χ1) is 14.1. The summed E-state index contributed by atoms with van der Waals surface area (Å²) in [6, 6.07) is 12.5. The fourth-order valence-corrected chi connectivity index (χ4v) is 4.15. The first kappa shape index (κ1) is 17.5. The second-order valence-electron chi connectivity index (χ2n) is 7.35. The van der Waals surface area contributed by atoms with Gasteiger partial charge in [-0.2, -0.15) is 0 Å². The highest BCUT2D eigenvalue weighted by molar-refractivity contribution is 5.94. The standard InChI is InChI=1S/C22H19N3O4/c26-20(12-25-18-7-3-4-8-19(18)29-22(25)28)23-13-9-10-15-14-5-1-2-6-16(14)21(27)24-17(15)11-13/h3-4,7-11H,1-2,5-6,12H2,(H,23,26)(H,24,27). The van der Waals surface area contributed by atoms with E-state index in [1.165, 1.54) is 4.57 Å². The molecule has 4 aromatic rings. The molecule has 7 nitrogen and oxygen atoms in total. The molecule has 0 saturated heterocycles. The van der Waals surface area contributed by atoms with Crippen molar-refractivity contribution in [1.82, 2.24) is 9.55 Å². The van der Waals surface area contributed by atoms with Crippen molar-refractivity contribution in [1.29, 1.82) is 0 Å². The molecule has 29 heavy (non-hydrogen) atoms. The predicted molar refractivity (Wildman–Crippen MR) is 110 cm³/mol. The summed E-state index contributed by atoms with van der Waals surface area (Å²) in [6.45, 7) is -0.158. The van der Waals surface area contributed by atoms with Crippen molar-refractivity contribution in [3.63, 3.8) is 0 Å². The number of amides is 1. The lowest BCUT2D eigenvalue weighted by Crippen LogP contribution is -2.24. The highest BCUT2D eigenvalue weighted by Crippen LogP contribution is 2.27. The van der Waals surface area contributed by atoms with Gasteiger partial charge in [0.2, 0.25) is 5.91 Å².